The summed E-state index contributed by atoms with van der Waals surface area (Å²) in [7, 11) is 3.69. The molecule has 0 fully saturated rings. The Morgan fingerprint density at radius 2 is 2.22 bits per heavy atom. The highest BCUT2D eigenvalue weighted by atomic mass is 16.2. The fourth-order valence-electron chi connectivity index (χ4n) is 2.08. The maximum absolute atomic E-state index is 12.2. The molecule has 1 rings (SSSR count). The van der Waals surface area contributed by atoms with Crippen LogP contribution in [-0.2, 0) is 18.4 Å². The summed E-state index contributed by atoms with van der Waals surface area (Å²) >= 11 is 0. The van der Waals surface area contributed by atoms with Crippen molar-refractivity contribution in [3.8, 4) is 0 Å². The molecule has 0 aromatic carbocycles. The van der Waals surface area contributed by atoms with Crippen molar-refractivity contribution in [1.82, 2.24) is 14.7 Å². The maximum atomic E-state index is 12.2. The van der Waals surface area contributed by atoms with Gasteiger partial charge in [0.25, 0.3) is 0 Å². The van der Waals surface area contributed by atoms with Crippen LogP contribution < -0.4 is 5.73 Å². The molecule has 0 radical (unpaired) electrons. The number of amides is 1. The van der Waals surface area contributed by atoms with E-state index in [1.807, 2.05) is 20.3 Å². The molecule has 0 aliphatic rings. The molecule has 1 unspecified atom stereocenters. The van der Waals surface area contributed by atoms with Gasteiger partial charge in [-0.05, 0) is 12.3 Å². The zero-order valence-electron chi connectivity index (χ0n) is 11.8. The van der Waals surface area contributed by atoms with E-state index in [4.69, 9.17) is 5.73 Å². The fourth-order valence-corrected chi connectivity index (χ4v) is 2.08. The molecule has 0 saturated heterocycles. The Hall–Kier alpha value is -1.36. The highest BCUT2D eigenvalue weighted by Crippen LogP contribution is 2.14. The lowest BCUT2D eigenvalue weighted by Crippen LogP contribution is -2.36. The summed E-state index contributed by atoms with van der Waals surface area (Å²) in [6.07, 6.45) is 4.54. The molecule has 0 saturated carbocycles. The molecule has 0 spiro atoms. The minimum absolute atomic E-state index is 0.0772. The highest BCUT2D eigenvalue weighted by molar-refractivity contribution is 5.78. The zero-order chi connectivity index (χ0) is 13.7. The number of nitrogens with zero attached hydrogens (tertiary/aromatic N) is 3. The molecule has 1 aromatic rings. The minimum atomic E-state index is -0.0772. The lowest BCUT2D eigenvalue weighted by atomic mass is 9.96. The topological polar surface area (TPSA) is 64.2 Å². The number of hydrogen-bond acceptors (Lipinski definition) is 3. The number of rotatable bonds is 6. The van der Waals surface area contributed by atoms with Gasteiger partial charge in [-0.2, -0.15) is 5.10 Å². The van der Waals surface area contributed by atoms with Gasteiger partial charge in [0.1, 0.15) is 0 Å². The van der Waals surface area contributed by atoms with Crippen LogP contribution in [-0.4, -0.2) is 34.2 Å². The first-order chi connectivity index (χ1) is 8.43. The van der Waals surface area contributed by atoms with Gasteiger partial charge < -0.3 is 10.6 Å². The smallest absolute Gasteiger partial charge is 0.227 e. The van der Waals surface area contributed by atoms with E-state index < -0.39 is 0 Å². The Kier molecular flexibility index (Phi) is 5.34. The van der Waals surface area contributed by atoms with E-state index in [1.54, 1.807) is 15.8 Å². The van der Waals surface area contributed by atoms with Crippen molar-refractivity contribution >= 4 is 5.91 Å². The molecule has 0 aliphatic heterocycles. The molecular formula is C13H24N4O. The quantitative estimate of drug-likeness (QED) is 0.821. The molecule has 1 heterocycles. The van der Waals surface area contributed by atoms with Crippen molar-refractivity contribution in [2.45, 2.75) is 26.8 Å². The van der Waals surface area contributed by atoms with Crippen LogP contribution in [0.2, 0.25) is 0 Å². The number of aryl methyl sites for hydroxylation is 1. The van der Waals surface area contributed by atoms with Crippen LogP contribution in [0.4, 0.5) is 0 Å². The van der Waals surface area contributed by atoms with Gasteiger partial charge in [-0.25, -0.2) is 0 Å². The Labute approximate surface area is 109 Å². The summed E-state index contributed by atoms with van der Waals surface area (Å²) in [5, 5.41) is 4.10. The molecule has 1 aromatic heterocycles. The lowest BCUT2D eigenvalue weighted by Gasteiger charge is -2.23. The number of carbonyl (C=O) groups is 1. The van der Waals surface area contributed by atoms with Crippen LogP contribution >= 0.6 is 0 Å². The first-order valence-corrected chi connectivity index (χ1v) is 6.36. The number of carbonyl (C=O) groups excluding carboxylic acids is 1. The van der Waals surface area contributed by atoms with E-state index in [9.17, 15) is 4.79 Å². The second-order valence-corrected chi connectivity index (χ2v) is 5.28. The molecule has 5 nitrogen and oxygen atoms in total. The predicted molar refractivity (Wildman–Crippen MR) is 71.7 cm³/mol. The van der Waals surface area contributed by atoms with Crippen LogP contribution in [0.3, 0.4) is 0 Å². The normalized spacial score (nSPS) is 12.8. The minimum Gasteiger partial charge on any atom is -0.341 e. The van der Waals surface area contributed by atoms with Crippen LogP contribution in [0.25, 0.3) is 0 Å². The van der Waals surface area contributed by atoms with Gasteiger partial charge in [0.05, 0.1) is 12.1 Å². The molecule has 102 valence electrons. The average molecular weight is 252 g/mol. The summed E-state index contributed by atoms with van der Waals surface area (Å²) in [4.78, 5) is 14.0. The van der Waals surface area contributed by atoms with Crippen molar-refractivity contribution in [3.63, 3.8) is 0 Å². The van der Waals surface area contributed by atoms with Gasteiger partial charge in [-0.15, -0.1) is 0 Å². The van der Waals surface area contributed by atoms with Crippen LogP contribution in [0.1, 0.15) is 25.8 Å². The molecule has 1 amide bonds. The molecule has 5 heteroatoms. The average Bonchev–Trinajstić information content (AvgIpc) is 2.70. The molecule has 0 bridgehead atoms. The standard InChI is InChI=1S/C13H24N4O/c1-10(2)5-12(6-14)13(18)16(3)8-11-7-15-17(4)9-11/h7,9-10,12H,5-6,8,14H2,1-4H3. The first-order valence-electron chi connectivity index (χ1n) is 6.36. The molecule has 1 atom stereocenters. The third kappa shape index (κ3) is 4.14. The van der Waals surface area contributed by atoms with E-state index in [-0.39, 0.29) is 11.8 Å². The molecule has 2 N–H and O–H groups in total. The summed E-state index contributed by atoms with van der Waals surface area (Å²) < 4.78 is 1.74. The van der Waals surface area contributed by atoms with E-state index in [0.29, 0.717) is 19.0 Å². The van der Waals surface area contributed by atoms with Gasteiger partial charge in [0.15, 0.2) is 0 Å². The van der Waals surface area contributed by atoms with Gasteiger partial charge >= 0.3 is 0 Å². The lowest BCUT2D eigenvalue weighted by molar-refractivity contribution is -0.134. The van der Waals surface area contributed by atoms with Gasteiger partial charge in [0.2, 0.25) is 5.91 Å². The molecule has 0 aliphatic carbocycles. The van der Waals surface area contributed by atoms with Crippen molar-refractivity contribution in [1.29, 1.82) is 0 Å². The second kappa shape index (κ2) is 6.54. The third-order valence-electron chi connectivity index (χ3n) is 2.94. The summed E-state index contributed by atoms with van der Waals surface area (Å²) in [6.45, 7) is 5.21. The Balaban J connectivity index is 2.59. The van der Waals surface area contributed by atoms with Crippen molar-refractivity contribution in [2.75, 3.05) is 13.6 Å². The third-order valence-corrected chi connectivity index (χ3v) is 2.94. The second-order valence-electron chi connectivity index (χ2n) is 5.28. The van der Waals surface area contributed by atoms with Gasteiger partial charge in [0, 0.05) is 38.9 Å². The summed E-state index contributed by atoms with van der Waals surface area (Å²) in [6, 6.07) is 0. The van der Waals surface area contributed by atoms with Gasteiger partial charge in [-0.1, -0.05) is 13.8 Å². The molecule has 18 heavy (non-hydrogen) atoms. The van der Waals surface area contributed by atoms with Crippen molar-refractivity contribution < 1.29 is 4.79 Å². The van der Waals surface area contributed by atoms with E-state index >= 15 is 0 Å². The monoisotopic (exact) mass is 252 g/mol. The van der Waals surface area contributed by atoms with Crippen molar-refractivity contribution in [3.05, 3.63) is 18.0 Å². The SMILES string of the molecule is CC(C)CC(CN)C(=O)N(C)Cc1cnn(C)c1. The number of hydrogen-bond donors (Lipinski definition) is 1. The van der Waals surface area contributed by atoms with Crippen LogP contribution in [0, 0.1) is 11.8 Å². The maximum Gasteiger partial charge on any atom is 0.227 e. The van der Waals surface area contributed by atoms with E-state index in [2.05, 4.69) is 18.9 Å². The number of aromatic nitrogens is 2. The Bertz CT molecular complexity index is 386. The number of nitrogens with two attached hydrogens (primary N) is 1. The Morgan fingerprint density at radius 1 is 1.56 bits per heavy atom. The predicted octanol–water partition coefficient (Wildman–Crippen LogP) is 1.000. The largest absolute Gasteiger partial charge is 0.341 e. The van der Waals surface area contributed by atoms with Gasteiger partial charge in [-0.3, -0.25) is 9.48 Å². The fraction of sp³-hybridized carbons (Fsp3) is 0.692. The summed E-state index contributed by atoms with van der Waals surface area (Å²) in [5.41, 5.74) is 6.73. The van der Waals surface area contributed by atoms with Crippen LogP contribution in [0.5, 0.6) is 0 Å². The highest BCUT2D eigenvalue weighted by Gasteiger charge is 2.21. The summed E-state index contributed by atoms with van der Waals surface area (Å²) in [5.74, 6) is 0.524. The van der Waals surface area contributed by atoms with Crippen LogP contribution in [0.15, 0.2) is 12.4 Å². The zero-order valence-corrected chi connectivity index (χ0v) is 11.8. The molecular weight excluding hydrogens is 228 g/mol. The van der Waals surface area contributed by atoms with E-state index in [1.165, 1.54) is 0 Å². The Morgan fingerprint density at radius 3 is 2.67 bits per heavy atom. The van der Waals surface area contributed by atoms with E-state index in [0.717, 1.165) is 12.0 Å². The van der Waals surface area contributed by atoms with Crippen molar-refractivity contribution in [2.24, 2.45) is 24.6 Å². The first kappa shape index (κ1) is 14.7.